The Bertz CT molecular complexity index is 2600. The van der Waals surface area contributed by atoms with E-state index >= 15 is 0 Å². The molecule has 17 nitrogen and oxygen atoms in total. The van der Waals surface area contributed by atoms with Gasteiger partial charge in [-0.25, -0.2) is 21.6 Å². The number of amides is 2. The molecule has 0 radical (unpaired) electrons. The Morgan fingerprint density at radius 1 is 0.825 bits per heavy atom. The normalized spacial score (nSPS) is 21.3. The maximum atomic E-state index is 12.4. The summed E-state index contributed by atoms with van der Waals surface area (Å²) in [5, 5.41) is 0.497. The summed E-state index contributed by atoms with van der Waals surface area (Å²) in [5.74, 6) is -2.43. The molecule has 342 valence electrons. The third-order valence-corrected chi connectivity index (χ3v) is 14.1. The SMILES string of the molecule is CCN1/C(=C/C=C/C=C/C=C/C2=[N+](CCCCCC(=O)ON3C(=O)CCC3=O)c3ccc(S(=O)(=O)[O-])cc3C2(C)CCCS(=O)(=O)O)C(C)(CCOC)c2cc(S(=O)(=O)[O-])ccc21. The van der Waals surface area contributed by atoms with Crippen molar-refractivity contribution in [2.24, 2.45) is 0 Å². The number of nitrogens with zero attached hydrogens (tertiary/aromatic N) is 3. The second kappa shape index (κ2) is 19.9. The first-order valence-electron chi connectivity index (χ1n) is 20.4. The van der Waals surface area contributed by atoms with Crippen molar-refractivity contribution in [1.29, 1.82) is 0 Å². The molecule has 0 saturated carbocycles. The number of benzene rings is 2. The van der Waals surface area contributed by atoms with Gasteiger partial charge in [-0.1, -0.05) is 30.4 Å². The third-order valence-electron chi connectivity index (χ3n) is 11.6. The molecule has 20 heteroatoms. The molecule has 1 N–H and O–H groups in total. The molecule has 2 atom stereocenters. The largest absolute Gasteiger partial charge is 0.744 e. The lowest BCUT2D eigenvalue weighted by Crippen LogP contribution is -2.32. The van der Waals surface area contributed by atoms with Crippen LogP contribution in [0.2, 0.25) is 0 Å². The minimum Gasteiger partial charge on any atom is -0.744 e. The maximum Gasteiger partial charge on any atom is 0.333 e. The molecule has 2 aromatic carbocycles. The second-order valence-electron chi connectivity index (χ2n) is 15.9. The molecule has 1 fully saturated rings. The highest BCUT2D eigenvalue weighted by Gasteiger charge is 2.48. The molecule has 3 aliphatic rings. The smallest absolute Gasteiger partial charge is 0.333 e. The average molecular weight is 931 g/mol. The number of ether oxygens (including phenoxy) is 1. The molecular formula is C43H52N3O14S3-. The van der Waals surface area contributed by atoms with E-state index in [1.54, 1.807) is 50.5 Å². The molecular weight excluding hydrogens is 879 g/mol. The van der Waals surface area contributed by atoms with Gasteiger partial charge in [0, 0.05) is 80.4 Å². The first-order chi connectivity index (χ1) is 29.5. The fraction of sp³-hybridized carbons (Fsp3) is 0.442. The van der Waals surface area contributed by atoms with Crippen molar-refractivity contribution < 1.29 is 67.4 Å². The number of hydrogen-bond acceptors (Lipinski definition) is 14. The van der Waals surface area contributed by atoms with Crippen molar-refractivity contribution in [3.8, 4) is 0 Å². The molecule has 2 aromatic rings. The van der Waals surface area contributed by atoms with Crippen molar-refractivity contribution in [2.45, 2.75) is 99.2 Å². The van der Waals surface area contributed by atoms with Crippen LogP contribution in [0.3, 0.4) is 0 Å². The standard InChI is InChI=1S/C43H53N3O14S3/c1-5-44-35-20-18-31(62(53,54)55)29-33(35)43(3,25-27-59-4)37(44)15-10-7-6-8-11-16-38-42(2,24-14-28-61(50,51)52)34-30-32(63(56,57)58)19-21-36(34)45(38)26-13-9-12-17-41(49)60-46-39(47)22-23-40(46)48/h6-8,10-11,15-16,18-21,29-30H,5,9,12-14,17,22-28H2,1-4H3,(H2-,50,51,52,53,54,55,56,57,58)/p-1. The van der Waals surface area contributed by atoms with Crippen LogP contribution < -0.4 is 4.90 Å². The summed E-state index contributed by atoms with van der Waals surface area (Å²) in [7, 11) is -12.3. The number of carbonyl (C=O) groups excluding carboxylic acids is 3. The third kappa shape index (κ3) is 11.5. The molecule has 5 rings (SSSR count). The highest BCUT2D eigenvalue weighted by molar-refractivity contribution is 7.86. The Morgan fingerprint density at radius 2 is 1.44 bits per heavy atom. The van der Waals surface area contributed by atoms with Gasteiger partial charge in [-0.15, -0.1) is 5.06 Å². The van der Waals surface area contributed by atoms with Crippen molar-refractivity contribution in [2.75, 3.05) is 37.5 Å². The Kier molecular flexibility index (Phi) is 15.5. The van der Waals surface area contributed by atoms with Gasteiger partial charge < -0.3 is 23.6 Å². The van der Waals surface area contributed by atoms with Gasteiger partial charge in [-0.05, 0) is 94.8 Å². The number of fused-ring (bicyclic) bond motifs is 2. The van der Waals surface area contributed by atoms with E-state index in [1.165, 1.54) is 30.3 Å². The van der Waals surface area contributed by atoms with Crippen LogP contribution in [0.15, 0.2) is 94.4 Å². The Hall–Kier alpha value is -4.83. The maximum absolute atomic E-state index is 12.4. The van der Waals surface area contributed by atoms with E-state index in [2.05, 4.69) is 4.90 Å². The number of carbonyl (C=O) groups is 3. The van der Waals surface area contributed by atoms with Crippen molar-refractivity contribution in [1.82, 2.24) is 5.06 Å². The van der Waals surface area contributed by atoms with E-state index in [0.29, 0.717) is 73.0 Å². The predicted octanol–water partition coefficient (Wildman–Crippen LogP) is 5.07. The summed E-state index contributed by atoms with van der Waals surface area (Å²) >= 11 is 0. The zero-order chi connectivity index (χ0) is 46.4. The number of likely N-dealkylation sites (N-methyl/N-ethyl adjacent to an activating group) is 1. The molecule has 0 aromatic heterocycles. The average Bonchev–Trinajstić information content (AvgIpc) is 3.74. The monoisotopic (exact) mass is 930 g/mol. The van der Waals surface area contributed by atoms with Crippen LogP contribution in [-0.4, -0.2) is 105 Å². The number of anilines is 1. The van der Waals surface area contributed by atoms with Crippen molar-refractivity contribution in [3.05, 3.63) is 95.8 Å². The summed E-state index contributed by atoms with van der Waals surface area (Å²) in [6.45, 7) is 7.04. The molecule has 3 aliphatic heterocycles. The van der Waals surface area contributed by atoms with Crippen LogP contribution in [-0.2, 0) is 65.1 Å². The van der Waals surface area contributed by atoms with Gasteiger partial charge >= 0.3 is 5.97 Å². The van der Waals surface area contributed by atoms with Crippen molar-refractivity contribution in [3.63, 3.8) is 0 Å². The second-order valence-corrected chi connectivity index (χ2v) is 20.2. The van der Waals surface area contributed by atoms with Gasteiger partial charge in [-0.3, -0.25) is 14.1 Å². The number of allylic oxidation sites excluding steroid dienone is 8. The number of hydrogen-bond donors (Lipinski definition) is 1. The van der Waals surface area contributed by atoms with Crippen LogP contribution in [0.4, 0.5) is 11.4 Å². The lowest BCUT2D eigenvalue weighted by Gasteiger charge is -2.29. The van der Waals surface area contributed by atoms with Gasteiger partial charge in [-0.2, -0.15) is 13.0 Å². The highest BCUT2D eigenvalue weighted by Crippen LogP contribution is 2.50. The fourth-order valence-electron chi connectivity index (χ4n) is 8.40. The molecule has 1 saturated heterocycles. The van der Waals surface area contributed by atoms with E-state index in [9.17, 15) is 53.3 Å². The highest BCUT2D eigenvalue weighted by atomic mass is 32.2. The molecule has 2 amide bonds. The van der Waals surface area contributed by atoms with Gasteiger partial charge in [0.1, 0.15) is 26.8 Å². The molecule has 0 bridgehead atoms. The van der Waals surface area contributed by atoms with Crippen LogP contribution in [0.25, 0.3) is 0 Å². The van der Waals surface area contributed by atoms with Crippen LogP contribution in [0, 0.1) is 0 Å². The molecule has 0 spiro atoms. The summed E-state index contributed by atoms with van der Waals surface area (Å²) in [6, 6.07) is 8.42. The van der Waals surface area contributed by atoms with Gasteiger partial charge in [0.05, 0.1) is 21.0 Å². The lowest BCUT2D eigenvalue weighted by atomic mass is 9.76. The summed E-state index contributed by atoms with van der Waals surface area (Å²) in [6.07, 6.45) is 14.6. The minimum atomic E-state index is -4.87. The van der Waals surface area contributed by atoms with E-state index < -0.39 is 69.6 Å². The minimum absolute atomic E-state index is 0.00163. The zero-order valence-corrected chi connectivity index (χ0v) is 38.0. The number of imide groups is 1. The number of unbranched alkanes of at least 4 members (excludes halogenated alkanes) is 2. The Balaban J connectivity index is 1.42. The number of hydroxylamine groups is 2. The zero-order valence-electron chi connectivity index (χ0n) is 35.5. The summed E-state index contributed by atoms with van der Waals surface area (Å²) < 4.78 is 113. The van der Waals surface area contributed by atoms with Gasteiger partial charge in [0.25, 0.3) is 21.9 Å². The Morgan fingerprint density at radius 3 is 2.06 bits per heavy atom. The van der Waals surface area contributed by atoms with Crippen LogP contribution in [0.5, 0.6) is 0 Å². The van der Waals surface area contributed by atoms with E-state index in [-0.39, 0.29) is 37.0 Å². The Labute approximate surface area is 368 Å². The molecule has 3 heterocycles. The first kappa shape index (κ1) is 49.2. The predicted molar refractivity (Wildman–Crippen MR) is 230 cm³/mol. The fourth-order valence-corrected chi connectivity index (χ4v) is 9.91. The summed E-state index contributed by atoms with van der Waals surface area (Å²) in [5.41, 5.74) is 2.38. The summed E-state index contributed by atoms with van der Waals surface area (Å²) in [4.78, 5) is 42.3. The number of methoxy groups -OCH3 is 1. The van der Waals surface area contributed by atoms with E-state index in [4.69, 9.17) is 9.57 Å². The first-order valence-corrected chi connectivity index (χ1v) is 24.8. The lowest BCUT2D eigenvalue weighted by molar-refractivity contribution is -0.438. The molecule has 2 unspecified atom stereocenters. The van der Waals surface area contributed by atoms with Crippen molar-refractivity contribution >= 4 is 65.2 Å². The van der Waals surface area contributed by atoms with Gasteiger partial charge in [0.15, 0.2) is 5.71 Å². The topological polar surface area (TPSA) is 248 Å². The molecule has 63 heavy (non-hydrogen) atoms. The van der Waals surface area contributed by atoms with Gasteiger partial charge in [0.2, 0.25) is 5.69 Å². The quantitative estimate of drug-likeness (QED) is 0.0564. The van der Waals surface area contributed by atoms with E-state index in [1.807, 2.05) is 30.6 Å². The van der Waals surface area contributed by atoms with E-state index in [0.717, 1.165) is 11.4 Å². The van der Waals surface area contributed by atoms with Crippen LogP contribution in [0.1, 0.15) is 89.7 Å². The van der Waals surface area contributed by atoms with Crippen LogP contribution >= 0.6 is 0 Å². The molecule has 0 aliphatic carbocycles. The number of rotatable bonds is 21.